The lowest BCUT2D eigenvalue weighted by molar-refractivity contribution is -0.121. The van der Waals surface area contributed by atoms with Gasteiger partial charge in [-0.15, -0.1) is 0 Å². The Morgan fingerprint density at radius 2 is 1.90 bits per heavy atom. The molecule has 21 heavy (non-hydrogen) atoms. The van der Waals surface area contributed by atoms with Gasteiger partial charge in [-0.3, -0.25) is 9.69 Å². The normalized spacial score (nSPS) is 16.9. The van der Waals surface area contributed by atoms with Gasteiger partial charge >= 0.3 is 0 Å². The Labute approximate surface area is 127 Å². The van der Waals surface area contributed by atoms with Crippen LogP contribution in [0.1, 0.15) is 36.4 Å². The summed E-state index contributed by atoms with van der Waals surface area (Å²) in [6, 6.07) is 8.99. The van der Waals surface area contributed by atoms with Crippen LogP contribution in [0, 0.1) is 6.92 Å². The number of hydrogen-bond acceptors (Lipinski definition) is 3. The topological polar surface area (TPSA) is 44.4 Å². The van der Waals surface area contributed by atoms with Crippen LogP contribution in [-0.4, -0.2) is 44.0 Å². The molecule has 4 heteroatoms. The van der Waals surface area contributed by atoms with Crippen LogP contribution in [-0.2, 0) is 4.79 Å². The van der Waals surface area contributed by atoms with Crippen molar-refractivity contribution in [2.45, 2.75) is 32.2 Å². The molecule has 1 aliphatic heterocycles. The second-order valence-corrected chi connectivity index (χ2v) is 5.83. The molecule has 1 aromatic carbocycles. The molecule has 1 saturated heterocycles. The second kappa shape index (κ2) is 8.15. The summed E-state index contributed by atoms with van der Waals surface area (Å²) >= 11 is 0. The number of aryl methyl sites for hydroxylation is 1. The van der Waals surface area contributed by atoms with E-state index >= 15 is 0 Å². The summed E-state index contributed by atoms with van der Waals surface area (Å²) in [5.41, 5.74) is 2.58. The van der Waals surface area contributed by atoms with Gasteiger partial charge in [-0.05, 0) is 45.5 Å². The molecule has 0 saturated carbocycles. The molecule has 1 amide bonds. The van der Waals surface area contributed by atoms with E-state index in [1.165, 1.54) is 24.0 Å². The smallest absolute Gasteiger partial charge is 0.221 e. The highest BCUT2D eigenvalue weighted by Crippen LogP contribution is 2.24. The molecule has 116 valence electrons. The van der Waals surface area contributed by atoms with E-state index in [4.69, 9.17) is 0 Å². The average Bonchev–Trinajstić information content (AvgIpc) is 3.01. The third-order valence-corrected chi connectivity index (χ3v) is 4.14. The van der Waals surface area contributed by atoms with Gasteiger partial charge in [0.2, 0.25) is 5.91 Å². The maximum Gasteiger partial charge on any atom is 0.221 e. The van der Waals surface area contributed by atoms with Gasteiger partial charge in [0.1, 0.15) is 0 Å². The standard InChI is InChI=1S/C17H27N3O/c1-14-5-7-15(8-6-14)16(20-11-3-4-12-20)13-19-17(21)9-10-18-2/h5-8,16,18H,3-4,9-13H2,1-2H3,(H,19,21). The van der Waals surface area contributed by atoms with Gasteiger partial charge in [-0.1, -0.05) is 29.8 Å². The van der Waals surface area contributed by atoms with Crippen LogP contribution in [0.5, 0.6) is 0 Å². The third-order valence-electron chi connectivity index (χ3n) is 4.14. The molecule has 1 aromatic rings. The van der Waals surface area contributed by atoms with Crippen molar-refractivity contribution in [2.75, 3.05) is 33.2 Å². The van der Waals surface area contributed by atoms with Gasteiger partial charge in [0.25, 0.3) is 0 Å². The number of carbonyl (C=O) groups is 1. The highest BCUT2D eigenvalue weighted by Gasteiger charge is 2.23. The van der Waals surface area contributed by atoms with Crippen LogP contribution in [0.3, 0.4) is 0 Å². The summed E-state index contributed by atoms with van der Waals surface area (Å²) in [7, 11) is 1.87. The van der Waals surface area contributed by atoms with E-state index in [0.29, 0.717) is 19.0 Å². The summed E-state index contributed by atoms with van der Waals surface area (Å²) in [4.78, 5) is 14.3. The molecule has 2 rings (SSSR count). The van der Waals surface area contributed by atoms with E-state index in [0.717, 1.165) is 19.6 Å². The molecule has 0 spiro atoms. The molecule has 1 aliphatic rings. The number of carbonyl (C=O) groups excluding carboxylic acids is 1. The van der Waals surface area contributed by atoms with E-state index < -0.39 is 0 Å². The predicted octanol–water partition coefficient (Wildman–Crippen LogP) is 1.86. The molecule has 0 aromatic heterocycles. The molecule has 0 bridgehead atoms. The van der Waals surface area contributed by atoms with Gasteiger partial charge in [0, 0.05) is 19.5 Å². The Morgan fingerprint density at radius 1 is 1.24 bits per heavy atom. The summed E-state index contributed by atoms with van der Waals surface area (Å²) < 4.78 is 0. The fraction of sp³-hybridized carbons (Fsp3) is 0.588. The van der Waals surface area contributed by atoms with Crippen LogP contribution >= 0.6 is 0 Å². The summed E-state index contributed by atoms with van der Waals surface area (Å²) in [6.07, 6.45) is 3.06. The first kappa shape index (κ1) is 16.0. The number of hydrogen-bond donors (Lipinski definition) is 2. The lowest BCUT2D eigenvalue weighted by Crippen LogP contribution is -2.37. The molecule has 1 heterocycles. The zero-order chi connectivity index (χ0) is 15.1. The quantitative estimate of drug-likeness (QED) is 0.805. The van der Waals surface area contributed by atoms with Crippen molar-refractivity contribution >= 4 is 5.91 Å². The van der Waals surface area contributed by atoms with Crippen molar-refractivity contribution in [3.63, 3.8) is 0 Å². The predicted molar refractivity (Wildman–Crippen MR) is 86.3 cm³/mol. The summed E-state index contributed by atoms with van der Waals surface area (Å²) in [5, 5.41) is 6.09. The number of nitrogens with one attached hydrogen (secondary N) is 2. The Kier molecular flexibility index (Phi) is 6.21. The monoisotopic (exact) mass is 289 g/mol. The molecule has 4 nitrogen and oxygen atoms in total. The molecule has 1 unspecified atom stereocenters. The van der Waals surface area contributed by atoms with Crippen molar-refractivity contribution in [1.29, 1.82) is 0 Å². The Balaban J connectivity index is 1.98. The Bertz CT molecular complexity index is 438. The number of likely N-dealkylation sites (tertiary alicyclic amines) is 1. The highest BCUT2D eigenvalue weighted by atomic mass is 16.1. The molecule has 0 radical (unpaired) electrons. The third kappa shape index (κ3) is 4.83. The number of amides is 1. The largest absolute Gasteiger partial charge is 0.354 e. The van der Waals surface area contributed by atoms with Crippen LogP contribution in [0.2, 0.25) is 0 Å². The van der Waals surface area contributed by atoms with Crippen LogP contribution in [0.15, 0.2) is 24.3 Å². The van der Waals surface area contributed by atoms with Crippen molar-refractivity contribution < 1.29 is 4.79 Å². The Morgan fingerprint density at radius 3 is 2.52 bits per heavy atom. The first-order valence-corrected chi connectivity index (χ1v) is 7.92. The van der Waals surface area contributed by atoms with Gasteiger partial charge in [-0.25, -0.2) is 0 Å². The zero-order valence-corrected chi connectivity index (χ0v) is 13.2. The van der Waals surface area contributed by atoms with Crippen molar-refractivity contribution in [2.24, 2.45) is 0 Å². The summed E-state index contributed by atoms with van der Waals surface area (Å²) in [6.45, 7) is 5.79. The maximum atomic E-state index is 11.8. The number of nitrogens with zero attached hydrogens (tertiary/aromatic N) is 1. The van der Waals surface area contributed by atoms with Gasteiger partial charge < -0.3 is 10.6 Å². The SMILES string of the molecule is CNCCC(=O)NCC(c1ccc(C)cc1)N1CCCC1. The number of rotatable bonds is 7. The van der Waals surface area contributed by atoms with Gasteiger partial charge in [-0.2, -0.15) is 0 Å². The minimum Gasteiger partial charge on any atom is -0.354 e. The fourth-order valence-electron chi connectivity index (χ4n) is 2.84. The molecular weight excluding hydrogens is 262 g/mol. The van der Waals surface area contributed by atoms with Crippen LogP contribution in [0.25, 0.3) is 0 Å². The average molecular weight is 289 g/mol. The minimum atomic E-state index is 0.126. The molecular formula is C17H27N3O. The van der Waals surface area contributed by atoms with Crippen LogP contribution < -0.4 is 10.6 Å². The van der Waals surface area contributed by atoms with Crippen molar-refractivity contribution in [1.82, 2.24) is 15.5 Å². The Hall–Kier alpha value is -1.39. The van der Waals surface area contributed by atoms with E-state index in [9.17, 15) is 4.79 Å². The van der Waals surface area contributed by atoms with Gasteiger partial charge in [0.15, 0.2) is 0 Å². The van der Waals surface area contributed by atoms with E-state index in [-0.39, 0.29) is 5.91 Å². The lowest BCUT2D eigenvalue weighted by Gasteiger charge is -2.28. The maximum absolute atomic E-state index is 11.8. The highest BCUT2D eigenvalue weighted by molar-refractivity contribution is 5.76. The van der Waals surface area contributed by atoms with E-state index in [1.54, 1.807) is 0 Å². The van der Waals surface area contributed by atoms with E-state index in [2.05, 4.69) is 46.7 Å². The van der Waals surface area contributed by atoms with Crippen LogP contribution in [0.4, 0.5) is 0 Å². The van der Waals surface area contributed by atoms with Crippen molar-refractivity contribution in [3.8, 4) is 0 Å². The molecule has 1 atom stereocenters. The minimum absolute atomic E-state index is 0.126. The first-order valence-electron chi connectivity index (χ1n) is 7.92. The fourth-order valence-corrected chi connectivity index (χ4v) is 2.84. The number of benzene rings is 1. The lowest BCUT2D eigenvalue weighted by atomic mass is 10.0. The first-order chi connectivity index (χ1) is 10.2. The molecule has 0 aliphatic carbocycles. The van der Waals surface area contributed by atoms with E-state index in [1.807, 2.05) is 7.05 Å². The zero-order valence-electron chi connectivity index (χ0n) is 13.2. The van der Waals surface area contributed by atoms with Gasteiger partial charge in [0.05, 0.1) is 6.04 Å². The summed E-state index contributed by atoms with van der Waals surface area (Å²) in [5.74, 6) is 0.126. The molecule has 1 fully saturated rings. The second-order valence-electron chi connectivity index (χ2n) is 5.83. The van der Waals surface area contributed by atoms with Crippen molar-refractivity contribution in [3.05, 3.63) is 35.4 Å². The molecule has 2 N–H and O–H groups in total.